The van der Waals surface area contributed by atoms with E-state index in [4.69, 9.17) is 23.8 Å². The zero-order valence-corrected chi connectivity index (χ0v) is 17.8. The summed E-state index contributed by atoms with van der Waals surface area (Å²) in [5.74, 6) is 0.216. The molecule has 0 saturated heterocycles. The molecule has 0 radical (unpaired) electrons. The second kappa shape index (κ2) is 8.37. The Kier molecular flexibility index (Phi) is 6.13. The van der Waals surface area contributed by atoms with E-state index in [0.717, 1.165) is 10.2 Å². The molecule has 1 N–H and O–H groups in total. The molecule has 0 saturated carbocycles. The molecule has 0 aliphatic carbocycles. The zero-order valence-electron chi connectivity index (χ0n) is 14.7. The van der Waals surface area contributed by atoms with E-state index >= 15 is 0 Å². The highest BCUT2D eigenvalue weighted by atomic mass is 79.9. The van der Waals surface area contributed by atoms with Crippen molar-refractivity contribution in [2.45, 2.75) is 13.1 Å². The first-order valence-corrected chi connectivity index (χ1v) is 9.58. The van der Waals surface area contributed by atoms with Gasteiger partial charge in [-0.2, -0.15) is 10.2 Å². The Hall–Kier alpha value is -1.97. The van der Waals surface area contributed by atoms with Crippen LogP contribution in [0, 0.1) is 5.82 Å². The molecule has 2 aromatic heterocycles. The average molecular weight is 472 g/mol. The number of aryl methyl sites for hydroxylation is 1. The number of hydrogen-bond donors (Lipinski definition) is 1. The van der Waals surface area contributed by atoms with Gasteiger partial charge in [-0.25, -0.2) is 4.39 Å². The molecular formula is C17H17BrClFN6S. The molecule has 0 bridgehead atoms. The van der Waals surface area contributed by atoms with Crippen molar-refractivity contribution >= 4 is 50.7 Å². The fourth-order valence-electron chi connectivity index (χ4n) is 2.48. The van der Waals surface area contributed by atoms with Crippen LogP contribution >= 0.6 is 39.7 Å². The summed E-state index contributed by atoms with van der Waals surface area (Å²) in [6, 6.07) is 6.38. The molecule has 6 nitrogen and oxygen atoms in total. The van der Waals surface area contributed by atoms with E-state index in [-0.39, 0.29) is 12.4 Å². The highest BCUT2D eigenvalue weighted by Gasteiger charge is 2.13. The number of benzene rings is 1. The maximum absolute atomic E-state index is 13.9. The molecule has 0 spiro atoms. The third-order valence-electron chi connectivity index (χ3n) is 4.00. The summed E-state index contributed by atoms with van der Waals surface area (Å²) in [6.45, 7) is 0.812. The van der Waals surface area contributed by atoms with Gasteiger partial charge in [0.05, 0.1) is 29.5 Å². The molecule has 0 aliphatic heterocycles. The summed E-state index contributed by atoms with van der Waals surface area (Å²) in [6.07, 6.45) is 3.49. The number of nitrogens with one attached hydrogen (secondary N) is 1. The van der Waals surface area contributed by atoms with E-state index in [1.807, 2.05) is 19.0 Å². The van der Waals surface area contributed by atoms with Gasteiger partial charge in [0.15, 0.2) is 10.9 Å². The summed E-state index contributed by atoms with van der Waals surface area (Å²) >= 11 is 15.0. The predicted octanol–water partition coefficient (Wildman–Crippen LogP) is 4.05. The minimum atomic E-state index is -0.357. The normalized spacial score (nSPS) is 10.9. The van der Waals surface area contributed by atoms with Crippen molar-refractivity contribution in [2.75, 3.05) is 12.4 Å². The molecule has 2 heterocycles. The van der Waals surface area contributed by atoms with Gasteiger partial charge in [-0.1, -0.05) is 17.7 Å². The highest BCUT2D eigenvalue weighted by molar-refractivity contribution is 9.10. The first kappa shape index (κ1) is 19.8. The highest BCUT2D eigenvalue weighted by Crippen LogP contribution is 2.20. The Morgan fingerprint density at radius 3 is 2.85 bits per heavy atom. The van der Waals surface area contributed by atoms with Crippen LogP contribution in [0.5, 0.6) is 0 Å². The zero-order chi connectivity index (χ0) is 19.6. The summed E-state index contributed by atoms with van der Waals surface area (Å²) in [7, 11) is 3.75. The largest absolute Gasteiger partial charge is 0.346 e. The summed E-state index contributed by atoms with van der Waals surface area (Å²) in [4.78, 5) is 1.88. The van der Waals surface area contributed by atoms with E-state index in [1.54, 1.807) is 40.0 Å². The van der Waals surface area contributed by atoms with Crippen LogP contribution in [0.4, 0.5) is 10.2 Å². The quantitative estimate of drug-likeness (QED) is 0.569. The van der Waals surface area contributed by atoms with Gasteiger partial charge >= 0.3 is 0 Å². The monoisotopic (exact) mass is 470 g/mol. The number of anilines is 1. The number of hydrogen-bond acceptors (Lipinski definition) is 3. The van der Waals surface area contributed by atoms with Gasteiger partial charge in [0.25, 0.3) is 0 Å². The van der Waals surface area contributed by atoms with Crippen molar-refractivity contribution in [3.8, 4) is 0 Å². The van der Waals surface area contributed by atoms with Gasteiger partial charge in [-0.15, -0.1) is 0 Å². The SMILES string of the molecule is CN(Cc1c(Br)cnn1C)C(=S)Nc1ccn(Cc2c(F)cccc2Cl)n1. The molecule has 3 aromatic rings. The first-order chi connectivity index (χ1) is 12.8. The fraction of sp³-hybridized carbons (Fsp3) is 0.235. The van der Waals surface area contributed by atoms with E-state index in [9.17, 15) is 4.39 Å². The number of aromatic nitrogens is 4. The van der Waals surface area contributed by atoms with Crippen LogP contribution in [0.1, 0.15) is 11.3 Å². The number of rotatable bonds is 5. The average Bonchev–Trinajstić information content (AvgIpc) is 3.19. The smallest absolute Gasteiger partial charge is 0.174 e. The van der Waals surface area contributed by atoms with Crippen LogP contribution in [0.25, 0.3) is 0 Å². The lowest BCUT2D eigenvalue weighted by molar-refractivity contribution is 0.481. The van der Waals surface area contributed by atoms with E-state index in [1.165, 1.54) is 6.07 Å². The lowest BCUT2D eigenvalue weighted by Crippen LogP contribution is -2.31. The van der Waals surface area contributed by atoms with Gasteiger partial charge in [0.2, 0.25) is 0 Å². The Balaban J connectivity index is 1.64. The fourth-order valence-corrected chi connectivity index (χ4v) is 3.34. The lowest BCUT2D eigenvalue weighted by atomic mass is 10.2. The third kappa shape index (κ3) is 4.66. The van der Waals surface area contributed by atoms with Crippen LogP contribution in [-0.4, -0.2) is 36.6 Å². The Labute approximate surface area is 175 Å². The standard InChI is InChI=1S/C17H17BrClFN6S/c1-24(10-15-12(18)8-21-25(15)2)17(27)22-16-6-7-26(23-16)9-11-13(19)4-3-5-14(11)20/h3-8H,9-10H2,1-2H3,(H,22,23,27). The van der Waals surface area contributed by atoms with Crippen LogP contribution in [-0.2, 0) is 20.1 Å². The lowest BCUT2D eigenvalue weighted by Gasteiger charge is -2.20. The van der Waals surface area contributed by atoms with Gasteiger partial charge < -0.3 is 10.2 Å². The molecule has 3 rings (SSSR count). The van der Waals surface area contributed by atoms with Crippen molar-refractivity contribution in [3.63, 3.8) is 0 Å². The van der Waals surface area contributed by atoms with Gasteiger partial charge in [-0.05, 0) is 40.3 Å². The van der Waals surface area contributed by atoms with Crippen molar-refractivity contribution < 1.29 is 4.39 Å². The van der Waals surface area contributed by atoms with E-state index in [0.29, 0.717) is 28.1 Å². The number of halogens is 3. The van der Waals surface area contributed by atoms with E-state index < -0.39 is 0 Å². The minimum Gasteiger partial charge on any atom is -0.346 e. The van der Waals surface area contributed by atoms with Crippen LogP contribution in [0.3, 0.4) is 0 Å². The molecule has 10 heteroatoms. The van der Waals surface area contributed by atoms with Crippen molar-refractivity contribution in [3.05, 3.63) is 63.2 Å². The molecule has 1 aromatic carbocycles. The molecule has 0 unspecified atom stereocenters. The van der Waals surface area contributed by atoms with E-state index in [2.05, 4.69) is 31.4 Å². The molecule has 0 atom stereocenters. The topological polar surface area (TPSA) is 50.9 Å². The molecular weight excluding hydrogens is 455 g/mol. The van der Waals surface area contributed by atoms with Crippen LogP contribution in [0.15, 0.2) is 41.1 Å². The summed E-state index contributed by atoms with van der Waals surface area (Å²) in [5.41, 5.74) is 1.40. The predicted molar refractivity (Wildman–Crippen MR) is 111 cm³/mol. The number of thiocarbonyl (C=S) groups is 1. The minimum absolute atomic E-state index is 0.234. The maximum Gasteiger partial charge on any atom is 0.174 e. The summed E-state index contributed by atoms with van der Waals surface area (Å²) in [5, 5.41) is 12.5. The number of nitrogens with zero attached hydrogens (tertiary/aromatic N) is 5. The van der Waals surface area contributed by atoms with Crippen molar-refractivity contribution in [2.24, 2.45) is 7.05 Å². The van der Waals surface area contributed by atoms with Crippen LogP contribution in [0.2, 0.25) is 5.02 Å². The second-order valence-corrected chi connectivity index (χ2v) is 7.60. The molecule has 0 fully saturated rings. The Morgan fingerprint density at radius 1 is 1.41 bits per heavy atom. The van der Waals surface area contributed by atoms with Crippen molar-refractivity contribution in [1.29, 1.82) is 0 Å². The third-order valence-corrected chi connectivity index (χ3v) is 5.43. The molecule has 0 amide bonds. The Morgan fingerprint density at radius 2 is 2.19 bits per heavy atom. The molecule has 0 aliphatic rings. The van der Waals surface area contributed by atoms with Crippen molar-refractivity contribution in [1.82, 2.24) is 24.5 Å². The maximum atomic E-state index is 13.9. The molecule has 142 valence electrons. The first-order valence-electron chi connectivity index (χ1n) is 8.00. The van der Waals surface area contributed by atoms with Crippen LogP contribution < -0.4 is 5.32 Å². The van der Waals surface area contributed by atoms with Gasteiger partial charge in [-0.3, -0.25) is 9.36 Å². The summed E-state index contributed by atoms with van der Waals surface area (Å²) < 4.78 is 18.2. The molecule has 27 heavy (non-hydrogen) atoms. The van der Waals surface area contributed by atoms with Gasteiger partial charge in [0, 0.05) is 36.9 Å². The second-order valence-electron chi connectivity index (χ2n) is 5.95. The Bertz CT molecular complexity index is 932. The van der Waals surface area contributed by atoms with Gasteiger partial charge in [0.1, 0.15) is 5.82 Å².